The van der Waals surface area contributed by atoms with Crippen LogP contribution in [0, 0.1) is 0 Å². The van der Waals surface area contributed by atoms with Crippen LogP contribution < -0.4 is 16.0 Å². The summed E-state index contributed by atoms with van der Waals surface area (Å²) in [5, 5.41) is 3.19. The minimum absolute atomic E-state index is 0.0353. The third-order valence-electron chi connectivity index (χ3n) is 5.79. The number of likely N-dealkylation sites (tertiary alicyclic amines) is 1. The summed E-state index contributed by atoms with van der Waals surface area (Å²) < 4.78 is 5.54. The average Bonchev–Trinajstić information content (AvgIpc) is 2.77. The Morgan fingerprint density at radius 3 is 2.50 bits per heavy atom. The highest BCUT2D eigenvalue weighted by Crippen LogP contribution is 2.26. The molecular weight excluding hydrogens is 432 g/mol. The van der Waals surface area contributed by atoms with E-state index >= 15 is 0 Å². The van der Waals surface area contributed by atoms with Gasteiger partial charge in [-0.3, -0.25) is 4.79 Å². The number of rotatable bonds is 6. The molecule has 0 saturated carbocycles. The number of anilines is 3. The van der Waals surface area contributed by atoms with Crippen LogP contribution in [0.2, 0.25) is 0 Å². The second-order valence-electron chi connectivity index (χ2n) is 10.0. The summed E-state index contributed by atoms with van der Waals surface area (Å²) in [6.45, 7) is 11.0. The Bertz CT molecular complexity index is 1020. The van der Waals surface area contributed by atoms with Gasteiger partial charge in [-0.2, -0.15) is 0 Å². The molecule has 9 heteroatoms. The van der Waals surface area contributed by atoms with E-state index in [9.17, 15) is 9.59 Å². The number of primary amides is 1. The summed E-state index contributed by atoms with van der Waals surface area (Å²) in [6.07, 6.45) is 2.98. The fourth-order valence-corrected chi connectivity index (χ4v) is 3.86. The molecule has 2 aromatic rings. The molecule has 3 rings (SSSR count). The number of nitrogens with two attached hydrogens (primary N) is 1. The Kier molecular flexibility index (Phi) is 7.64. The van der Waals surface area contributed by atoms with Gasteiger partial charge in [0, 0.05) is 31.9 Å². The van der Waals surface area contributed by atoms with E-state index in [0.29, 0.717) is 30.6 Å². The number of hydrogen-bond donors (Lipinski definition) is 2. The van der Waals surface area contributed by atoms with Crippen LogP contribution in [-0.2, 0) is 4.74 Å². The normalized spacial score (nSPS) is 16.3. The van der Waals surface area contributed by atoms with Gasteiger partial charge in [-0.15, -0.1) is 0 Å². The number of amides is 2. The molecular formula is C25H36N6O3. The molecule has 3 N–H and O–H groups in total. The van der Waals surface area contributed by atoms with E-state index in [1.807, 2.05) is 57.0 Å². The smallest absolute Gasteiger partial charge is 0.410 e. The standard InChI is InChI=1S/C25H36N6O3/c1-16(2)17-9-11-18(12-10-17)28-23-21(22(26)32)27-14-20(29-23)30(6)19-8-7-13-31(15-19)24(33)34-25(3,4)5/h9-12,14,16,19H,7-8,13,15H2,1-6H3,(H2,26,32)(H,28,29). The van der Waals surface area contributed by atoms with Gasteiger partial charge in [0.25, 0.3) is 5.91 Å². The summed E-state index contributed by atoms with van der Waals surface area (Å²) in [5.41, 5.74) is 7.08. The molecule has 0 spiro atoms. The van der Waals surface area contributed by atoms with Crippen molar-refractivity contribution in [2.45, 2.75) is 65.0 Å². The highest BCUT2D eigenvalue weighted by atomic mass is 16.6. The van der Waals surface area contributed by atoms with E-state index in [2.05, 4.69) is 29.1 Å². The van der Waals surface area contributed by atoms with Gasteiger partial charge in [-0.05, 0) is 57.2 Å². The van der Waals surface area contributed by atoms with Gasteiger partial charge in [-0.1, -0.05) is 26.0 Å². The minimum atomic E-state index is -0.656. The van der Waals surface area contributed by atoms with Crippen molar-refractivity contribution in [1.82, 2.24) is 14.9 Å². The number of carbonyl (C=O) groups excluding carboxylic acids is 2. The average molecular weight is 469 g/mol. The Hall–Kier alpha value is -3.36. The van der Waals surface area contributed by atoms with Crippen molar-refractivity contribution in [2.75, 3.05) is 30.4 Å². The summed E-state index contributed by atoms with van der Waals surface area (Å²) in [5.74, 6) is 0.649. The van der Waals surface area contributed by atoms with E-state index in [0.717, 1.165) is 18.5 Å². The van der Waals surface area contributed by atoms with Crippen molar-refractivity contribution >= 4 is 29.3 Å². The molecule has 0 bridgehead atoms. The molecule has 1 atom stereocenters. The Balaban J connectivity index is 1.79. The molecule has 9 nitrogen and oxygen atoms in total. The second-order valence-corrected chi connectivity index (χ2v) is 10.0. The first-order valence-corrected chi connectivity index (χ1v) is 11.7. The summed E-state index contributed by atoms with van der Waals surface area (Å²) in [7, 11) is 1.92. The summed E-state index contributed by atoms with van der Waals surface area (Å²) >= 11 is 0. The molecule has 0 aliphatic carbocycles. The fourth-order valence-electron chi connectivity index (χ4n) is 3.86. The van der Waals surface area contributed by atoms with Crippen LogP contribution in [-0.4, -0.2) is 58.6 Å². The molecule has 1 aromatic carbocycles. The first-order chi connectivity index (χ1) is 15.9. The van der Waals surface area contributed by atoms with Crippen LogP contribution in [0.1, 0.15) is 69.4 Å². The highest BCUT2D eigenvalue weighted by molar-refractivity contribution is 5.96. The van der Waals surface area contributed by atoms with Crippen molar-refractivity contribution in [3.05, 3.63) is 41.7 Å². The van der Waals surface area contributed by atoms with Crippen molar-refractivity contribution in [2.24, 2.45) is 5.73 Å². The molecule has 1 saturated heterocycles. The minimum Gasteiger partial charge on any atom is -0.444 e. The topological polar surface area (TPSA) is 114 Å². The number of hydrogen-bond acceptors (Lipinski definition) is 7. The van der Waals surface area contributed by atoms with Crippen LogP contribution in [0.5, 0.6) is 0 Å². The van der Waals surface area contributed by atoms with E-state index in [1.165, 1.54) is 5.56 Å². The monoisotopic (exact) mass is 468 g/mol. The highest BCUT2D eigenvalue weighted by Gasteiger charge is 2.30. The third kappa shape index (κ3) is 6.36. The fraction of sp³-hybridized carbons (Fsp3) is 0.520. The lowest BCUT2D eigenvalue weighted by molar-refractivity contribution is 0.0199. The lowest BCUT2D eigenvalue weighted by Crippen LogP contribution is -2.50. The predicted octanol–water partition coefficient (Wildman–Crippen LogP) is 4.28. The lowest BCUT2D eigenvalue weighted by Gasteiger charge is -2.38. The van der Waals surface area contributed by atoms with Gasteiger partial charge >= 0.3 is 6.09 Å². The summed E-state index contributed by atoms with van der Waals surface area (Å²) in [6, 6.07) is 7.99. The van der Waals surface area contributed by atoms with Gasteiger partial charge in [0.15, 0.2) is 11.5 Å². The van der Waals surface area contributed by atoms with Gasteiger partial charge in [-0.25, -0.2) is 14.8 Å². The Morgan fingerprint density at radius 1 is 1.24 bits per heavy atom. The van der Waals surface area contributed by atoms with Crippen molar-refractivity contribution in [3.63, 3.8) is 0 Å². The van der Waals surface area contributed by atoms with E-state index in [1.54, 1.807) is 11.1 Å². The van der Waals surface area contributed by atoms with E-state index in [4.69, 9.17) is 10.5 Å². The Labute approximate surface area is 201 Å². The molecule has 2 amide bonds. The first-order valence-electron chi connectivity index (χ1n) is 11.7. The zero-order valence-corrected chi connectivity index (χ0v) is 21.0. The number of nitrogens with one attached hydrogen (secondary N) is 1. The van der Waals surface area contributed by atoms with E-state index < -0.39 is 11.5 Å². The maximum Gasteiger partial charge on any atom is 0.410 e. The quantitative estimate of drug-likeness (QED) is 0.650. The second kappa shape index (κ2) is 10.3. The number of aromatic nitrogens is 2. The number of ether oxygens (including phenoxy) is 1. The molecule has 2 heterocycles. The van der Waals surface area contributed by atoms with Gasteiger partial charge in [0.05, 0.1) is 6.20 Å². The number of carbonyl (C=O) groups is 2. The van der Waals surface area contributed by atoms with Gasteiger partial charge < -0.3 is 25.6 Å². The molecule has 1 aliphatic rings. The van der Waals surface area contributed by atoms with Crippen LogP contribution in [0.3, 0.4) is 0 Å². The maximum atomic E-state index is 12.6. The van der Waals surface area contributed by atoms with Crippen LogP contribution in [0.4, 0.5) is 22.1 Å². The third-order valence-corrected chi connectivity index (χ3v) is 5.79. The van der Waals surface area contributed by atoms with Crippen molar-refractivity contribution in [1.29, 1.82) is 0 Å². The predicted molar refractivity (Wildman–Crippen MR) is 134 cm³/mol. The molecule has 184 valence electrons. The van der Waals surface area contributed by atoms with Crippen LogP contribution >= 0.6 is 0 Å². The number of likely N-dealkylation sites (N-methyl/N-ethyl adjacent to an activating group) is 1. The van der Waals surface area contributed by atoms with E-state index in [-0.39, 0.29) is 17.8 Å². The molecule has 34 heavy (non-hydrogen) atoms. The molecule has 1 aromatic heterocycles. The lowest BCUT2D eigenvalue weighted by atomic mass is 10.0. The molecule has 1 fully saturated rings. The van der Waals surface area contributed by atoms with Crippen molar-refractivity contribution < 1.29 is 14.3 Å². The Morgan fingerprint density at radius 2 is 1.91 bits per heavy atom. The maximum absolute atomic E-state index is 12.6. The number of nitrogens with zero attached hydrogens (tertiary/aromatic N) is 4. The zero-order chi connectivity index (χ0) is 25.0. The van der Waals surface area contributed by atoms with Crippen molar-refractivity contribution in [3.8, 4) is 0 Å². The van der Waals surface area contributed by atoms with Crippen LogP contribution in [0.25, 0.3) is 0 Å². The molecule has 0 radical (unpaired) electrons. The number of benzene rings is 1. The van der Waals surface area contributed by atoms with Gasteiger partial charge in [0.2, 0.25) is 0 Å². The molecule has 1 aliphatic heterocycles. The van der Waals surface area contributed by atoms with Gasteiger partial charge in [0.1, 0.15) is 11.4 Å². The molecule has 1 unspecified atom stereocenters. The first kappa shape index (κ1) is 25.3. The SMILES string of the molecule is CC(C)c1ccc(Nc2nc(N(C)C3CCCN(C(=O)OC(C)(C)C)C3)cnc2C(N)=O)cc1. The number of piperidine rings is 1. The zero-order valence-electron chi connectivity index (χ0n) is 21.0. The summed E-state index contributed by atoms with van der Waals surface area (Å²) in [4.78, 5) is 37.2. The largest absolute Gasteiger partial charge is 0.444 e. The van der Waals surface area contributed by atoms with Crippen LogP contribution in [0.15, 0.2) is 30.5 Å².